The normalized spacial score (nSPS) is 18.0. The molecule has 10 nitrogen and oxygen atoms in total. The lowest BCUT2D eigenvalue weighted by molar-refractivity contribution is -0.384. The lowest BCUT2D eigenvalue weighted by atomic mass is 10.3. The maximum atomic E-state index is 11.9. The Morgan fingerprint density at radius 3 is 2.33 bits per heavy atom. The molecule has 0 bridgehead atoms. The van der Waals surface area contributed by atoms with Crippen molar-refractivity contribution in [3.05, 3.63) is 34.4 Å². The molecule has 11 heteroatoms. The minimum absolute atomic E-state index is 0.116. The van der Waals surface area contributed by atoms with E-state index in [-0.39, 0.29) is 11.4 Å². The molecule has 21 heavy (non-hydrogen) atoms. The number of nitro groups is 1. The Hall–Kier alpha value is -2.69. The van der Waals surface area contributed by atoms with Gasteiger partial charge in [0.2, 0.25) is 10.0 Å². The van der Waals surface area contributed by atoms with E-state index >= 15 is 0 Å². The number of anilines is 1. The van der Waals surface area contributed by atoms with Gasteiger partial charge in [-0.2, -0.15) is 0 Å². The molecule has 0 saturated carbocycles. The summed E-state index contributed by atoms with van der Waals surface area (Å²) in [5.74, 6) is -1.37. The van der Waals surface area contributed by atoms with E-state index in [1.54, 1.807) is 0 Å². The monoisotopic (exact) mass is 314 g/mol. The first-order chi connectivity index (χ1) is 9.77. The van der Waals surface area contributed by atoms with Crippen LogP contribution in [-0.4, -0.2) is 37.1 Å². The number of hydrogen-bond donors (Lipinski definition) is 3. The molecule has 3 amide bonds. The highest BCUT2D eigenvalue weighted by molar-refractivity contribution is 7.92. The minimum atomic E-state index is -3.90. The van der Waals surface area contributed by atoms with Crippen LogP contribution >= 0.6 is 0 Å². The highest BCUT2D eigenvalue weighted by Crippen LogP contribution is 2.16. The summed E-state index contributed by atoms with van der Waals surface area (Å²) >= 11 is 0. The molecule has 1 fully saturated rings. The van der Waals surface area contributed by atoms with Gasteiger partial charge in [-0.3, -0.25) is 24.9 Å². The number of amides is 3. The van der Waals surface area contributed by atoms with E-state index in [9.17, 15) is 28.1 Å². The number of non-ortho nitro benzene ring substituents is 1. The van der Waals surface area contributed by atoms with Crippen molar-refractivity contribution in [1.29, 1.82) is 0 Å². The van der Waals surface area contributed by atoms with Crippen molar-refractivity contribution < 1.29 is 22.9 Å². The third kappa shape index (κ3) is 3.66. The molecule has 1 aliphatic heterocycles. The quantitative estimate of drug-likeness (QED) is 0.381. The number of sulfonamides is 1. The minimum Gasteiger partial charge on any atom is -0.325 e. The second kappa shape index (κ2) is 5.36. The molecule has 0 aliphatic carbocycles. The molecule has 3 N–H and O–H groups in total. The van der Waals surface area contributed by atoms with Crippen molar-refractivity contribution in [3.8, 4) is 0 Å². The summed E-state index contributed by atoms with van der Waals surface area (Å²) in [5.41, 5.74) is -0.0642. The number of nitrogens with one attached hydrogen (secondary N) is 3. The van der Waals surface area contributed by atoms with E-state index in [1.165, 1.54) is 12.1 Å². The lowest BCUT2D eigenvalue weighted by Crippen LogP contribution is -2.38. The van der Waals surface area contributed by atoms with E-state index in [4.69, 9.17) is 0 Å². The van der Waals surface area contributed by atoms with Gasteiger partial charge >= 0.3 is 6.03 Å². The fourth-order valence-corrected chi connectivity index (χ4v) is 2.92. The Morgan fingerprint density at radius 1 is 1.24 bits per heavy atom. The maximum Gasteiger partial charge on any atom is 0.322 e. The zero-order valence-corrected chi connectivity index (χ0v) is 11.2. The first kappa shape index (κ1) is 14.7. The summed E-state index contributed by atoms with van der Waals surface area (Å²) in [7, 11) is -3.90. The van der Waals surface area contributed by atoms with Crippen LogP contribution in [0.2, 0.25) is 0 Å². The number of nitrogens with zero attached hydrogens (tertiary/aromatic N) is 1. The van der Waals surface area contributed by atoms with Crippen LogP contribution in [0.4, 0.5) is 16.2 Å². The highest BCUT2D eigenvalue weighted by Gasteiger charge is 2.33. The SMILES string of the molecule is O=C1NC(=O)C(CS(=O)(=O)Nc2ccc([N+](=O)[O-])cc2)N1. The van der Waals surface area contributed by atoms with Gasteiger partial charge in [-0.05, 0) is 12.1 Å². The van der Waals surface area contributed by atoms with Crippen LogP contribution in [0.1, 0.15) is 0 Å². The Bertz CT molecular complexity index is 699. The molecule has 112 valence electrons. The Kier molecular flexibility index (Phi) is 3.76. The second-order valence-electron chi connectivity index (χ2n) is 4.20. The van der Waals surface area contributed by atoms with Gasteiger partial charge in [0.15, 0.2) is 0 Å². The Balaban J connectivity index is 2.05. The van der Waals surface area contributed by atoms with E-state index in [0.29, 0.717) is 0 Å². The average Bonchev–Trinajstić information content (AvgIpc) is 2.67. The van der Waals surface area contributed by atoms with Crippen molar-refractivity contribution in [2.45, 2.75) is 6.04 Å². The molecule has 1 saturated heterocycles. The Labute approximate surface area is 118 Å². The zero-order valence-electron chi connectivity index (χ0n) is 10.4. The van der Waals surface area contributed by atoms with Crippen LogP contribution in [0.5, 0.6) is 0 Å². The molecule has 1 unspecified atom stereocenters. The molecular formula is C10H10N4O6S. The van der Waals surface area contributed by atoms with Crippen LogP contribution in [0, 0.1) is 10.1 Å². The third-order valence-corrected chi connectivity index (χ3v) is 3.91. The lowest BCUT2D eigenvalue weighted by Gasteiger charge is -2.10. The summed E-state index contributed by atoms with van der Waals surface area (Å²) in [6.07, 6.45) is 0. The number of nitro benzene ring substituents is 1. The second-order valence-corrected chi connectivity index (χ2v) is 5.97. The molecule has 0 radical (unpaired) electrons. The molecule has 1 aromatic rings. The van der Waals surface area contributed by atoms with Crippen LogP contribution < -0.4 is 15.4 Å². The summed E-state index contributed by atoms with van der Waals surface area (Å²) in [6.45, 7) is 0. The van der Waals surface area contributed by atoms with E-state index in [1.807, 2.05) is 5.32 Å². The third-order valence-electron chi connectivity index (χ3n) is 2.60. The van der Waals surface area contributed by atoms with Gasteiger partial charge in [0.05, 0.1) is 10.7 Å². The Morgan fingerprint density at radius 2 is 1.86 bits per heavy atom. The standard InChI is InChI=1S/C10H10N4O6S/c15-9-8(11-10(16)12-9)5-21(19,20)13-6-1-3-7(4-2-6)14(17)18/h1-4,8,13H,5H2,(H2,11,12,15,16). The highest BCUT2D eigenvalue weighted by atomic mass is 32.2. The largest absolute Gasteiger partial charge is 0.325 e. The van der Waals surface area contributed by atoms with Crippen LogP contribution in [0.25, 0.3) is 0 Å². The van der Waals surface area contributed by atoms with Gasteiger partial charge in [0.25, 0.3) is 11.6 Å². The van der Waals surface area contributed by atoms with Gasteiger partial charge < -0.3 is 5.32 Å². The predicted molar refractivity (Wildman–Crippen MR) is 71.0 cm³/mol. The van der Waals surface area contributed by atoms with Crippen molar-refractivity contribution in [2.75, 3.05) is 10.5 Å². The van der Waals surface area contributed by atoms with Crippen LogP contribution in [-0.2, 0) is 14.8 Å². The van der Waals surface area contributed by atoms with E-state index in [0.717, 1.165) is 12.1 Å². The number of urea groups is 1. The molecule has 0 spiro atoms. The summed E-state index contributed by atoms with van der Waals surface area (Å²) in [4.78, 5) is 32.0. The molecule has 0 aromatic heterocycles. The van der Waals surface area contributed by atoms with E-state index < -0.39 is 38.7 Å². The molecule has 2 rings (SSSR count). The number of carbonyl (C=O) groups is 2. The summed E-state index contributed by atoms with van der Waals surface area (Å²) in [6, 6.07) is 2.80. The molecule has 1 heterocycles. The zero-order chi connectivity index (χ0) is 15.6. The van der Waals surface area contributed by atoms with Gasteiger partial charge in [-0.1, -0.05) is 0 Å². The molecule has 1 aliphatic rings. The van der Waals surface area contributed by atoms with Gasteiger partial charge in [-0.25, -0.2) is 13.2 Å². The predicted octanol–water partition coefficient (Wildman–Crippen LogP) is -0.456. The summed E-state index contributed by atoms with van der Waals surface area (Å²) in [5, 5.41) is 14.6. The topological polar surface area (TPSA) is 148 Å². The number of benzene rings is 1. The van der Waals surface area contributed by atoms with Crippen molar-refractivity contribution in [2.24, 2.45) is 0 Å². The van der Waals surface area contributed by atoms with Gasteiger partial charge in [0, 0.05) is 17.8 Å². The summed E-state index contributed by atoms with van der Waals surface area (Å²) < 4.78 is 25.9. The van der Waals surface area contributed by atoms with Crippen LogP contribution in [0.15, 0.2) is 24.3 Å². The molecule has 1 atom stereocenters. The molecule has 1 aromatic carbocycles. The van der Waals surface area contributed by atoms with Crippen molar-refractivity contribution >= 4 is 33.3 Å². The van der Waals surface area contributed by atoms with Crippen molar-refractivity contribution in [3.63, 3.8) is 0 Å². The number of hydrogen-bond acceptors (Lipinski definition) is 6. The van der Waals surface area contributed by atoms with Gasteiger partial charge in [0.1, 0.15) is 6.04 Å². The number of rotatable bonds is 5. The van der Waals surface area contributed by atoms with Gasteiger partial charge in [-0.15, -0.1) is 0 Å². The average molecular weight is 314 g/mol. The van der Waals surface area contributed by atoms with Crippen molar-refractivity contribution in [1.82, 2.24) is 10.6 Å². The number of carbonyl (C=O) groups excluding carboxylic acids is 2. The smallest absolute Gasteiger partial charge is 0.322 e. The van der Waals surface area contributed by atoms with Crippen LogP contribution in [0.3, 0.4) is 0 Å². The van der Waals surface area contributed by atoms with E-state index in [2.05, 4.69) is 10.0 Å². The first-order valence-corrected chi connectivity index (χ1v) is 7.28. The first-order valence-electron chi connectivity index (χ1n) is 5.63. The maximum absolute atomic E-state index is 11.9. The fourth-order valence-electron chi connectivity index (χ4n) is 1.67. The number of imide groups is 1. The molecular weight excluding hydrogens is 304 g/mol. The fraction of sp³-hybridized carbons (Fsp3) is 0.200.